The maximum atomic E-state index is 11.4. The van der Waals surface area contributed by atoms with Gasteiger partial charge in [-0.05, 0) is 29.3 Å². The van der Waals surface area contributed by atoms with Crippen molar-refractivity contribution in [2.24, 2.45) is 0 Å². The summed E-state index contributed by atoms with van der Waals surface area (Å²) in [5.41, 5.74) is 1.80. The molecule has 0 N–H and O–H groups in total. The van der Waals surface area contributed by atoms with Crippen molar-refractivity contribution >= 4 is 28.2 Å². The molecule has 1 nitrogen and oxygen atoms in total. The predicted molar refractivity (Wildman–Crippen MR) is 63.5 cm³/mol. The lowest BCUT2D eigenvalue weighted by molar-refractivity contribution is 0.101. The number of Topliss-reactive ketones (excluding diaryl/α,β-unsaturated/α-hetero) is 1. The highest BCUT2D eigenvalue weighted by molar-refractivity contribution is 6.17. The van der Waals surface area contributed by atoms with Crippen molar-refractivity contribution in [1.29, 1.82) is 0 Å². The van der Waals surface area contributed by atoms with Gasteiger partial charge < -0.3 is 0 Å². The standard InChI is InChI=1S/C13H11ClO/c1-9(15)12-4-2-3-11-6-5-10(8-14)7-13(11)12/h2-7H,8H2,1H3. The second-order valence-corrected chi connectivity index (χ2v) is 3.82. The first kappa shape index (κ1) is 10.2. The molecule has 15 heavy (non-hydrogen) atoms. The molecule has 0 saturated heterocycles. The highest BCUT2D eigenvalue weighted by atomic mass is 35.5. The average Bonchev–Trinajstić information content (AvgIpc) is 2.27. The number of ketones is 1. The molecular formula is C13H11ClO. The van der Waals surface area contributed by atoms with Crippen LogP contribution in [0.15, 0.2) is 36.4 Å². The van der Waals surface area contributed by atoms with Crippen LogP contribution in [0.4, 0.5) is 0 Å². The molecule has 0 spiro atoms. The van der Waals surface area contributed by atoms with Crippen LogP contribution < -0.4 is 0 Å². The maximum absolute atomic E-state index is 11.4. The number of fused-ring (bicyclic) bond motifs is 1. The largest absolute Gasteiger partial charge is 0.294 e. The van der Waals surface area contributed by atoms with Gasteiger partial charge in [-0.3, -0.25) is 4.79 Å². The van der Waals surface area contributed by atoms with E-state index in [4.69, 9.17) is 11.6 Å². The van der Waals surface area contributed by atoms with Crippen LogP contribution in [0.25, 0.3) is 10.8 Å². The molecule has 2 heteroatoms. The van der Waals surface area contributed by atoms with Gasteiger partial charge in [-0.1, -0.05) is 30.3 Å². The van der Waals surface area contributed by atoms with E-state index >= 15 is 0 Å². The van der Waals surface area contributed by atoms with E-state index in [2.05, 4.69) is 0 Å². The summed E-state index contributed by atoms with van der Waals surface area (Å²) in [5.74, 6) is 0.564. The molecule has 0 unspecified atom stereocenters. The third kappa shape index (κ3) is 1.88. The Labute approximate surface area is 93.7 Å². The van der Waals surface area contributed by atoms with Gasteiger partial charge in [-0.2, -0.15) is 0 Å². The summed E-state index contributed by atoms with van der Waals surface area (Å²) in [6, 6.07) is 11.7. The minimum absolute atomic E-state index is 0.0901. The van der Waals surface area contributed by atoms with Crippen LogP contribution in [-0.2, 0) is 5.88 Å². The van der Waals surface area contributed by atoms with E-state index in [1.807, 2.05) is 36.4 Å². The van der Waals surface area contributed by atoms with Crippen LogP contribution in [-0.4, -0.2) is 5.78 Å². The molecule has 2 aromatic carbocycles. The third-order valence-electron chi connectivity index (χ3n) is 2.48. The van der Waals surface area contributed by atoms with Gasteiger partial charge in [0, 0.05) is 11.4 Å². The van der Waals surface area contributed by atoms with Crippen molar-refractivity contribution in [2.45, 2.75) is 12.8 Å². The second kappa shape index (κ2) is 4.03. The van der Waals surface area contributed by atoms with E-state index in [-0.39, 0.29) is 5.78 Å². The number of halogens is 1. The van der Waals surface area contributed by atoms with Crippen molar-refractivity contribution in [3.63, 3.8) is 0 Å². The molecule has 0 aliphatic carbocycles. The van der Waals surface area contributed by atoms with Gasteiger partial charge in [-0.15, -0.1) is 11.6 Å². The van der Waals surface area contributed by atoms with Gasteiger partial charge >= 0.3 is 0 Å². The van der Waals surface area contributed by atoms with E-state index in [9.17, 15) is 4.79 Å². The minimum Gasteiger partial charge on any atom is -0.294 e. The smallest absolute Gasteiger partial charge is 0.160 e. The zero-order valence-corrected chi connectivity index (χ0v) is 9.21. The highest BCUT2D eigenvalue weighted by Gasteiger charge is 2.05. The SMILES string of the molecule is CC(=O)c1cccc2ccc(CCl)cc12. The summed E-state index contributed by atoms with van der Waals surface area (Å²) in [7, 11) is 0. The normalized spacial score (nSPS) is 10.5. The Kier molecular flexibility index (Phi) is 2.74. The Morgan fingerprint density at radius 1 is 1.27 bits per heavy atom. The number of carbonyl (C=O) groups excluding carboxylic acids is 1. The molecule has 0 bridgehead atoms. The molecule has 76 valence electrons. The number of rotatable bonds is 2. The summed E-state index contributed by atoms with van der Waals surface area (Å²) in [6.45, 7) is 1.59. The Hall–Kier alpha value is -1.34. The molecule has 0 amide bonds. The summed E-state index contributed by atoms with van der Waals surface area (Å²) >= 11 is 5.77. The number of benzene rings is 2. The Morgan fingerprint density at radius 3 is 2.73 bits per heavy atom. The van der Waals surface area contributed by atoms with Gasteiger partial charge in [0.25, 0.3) is 0 Å². The first-order valence-electron chi connectivity index (χ1n) is 4.81. The molecule has 0 aliphatic heterocycles. The molecule has 2 rings (SSSR count). The molecule has 0 aliphatic rings. The number of hydrogen-bond donors (Lipinski definition) is 0. The van der Waals surface area contributed by atoms with Gasteiger partial charge in [0.2, 0.25) is 0 Å². The fourth-order valence-corrected chi connectivity index (χ4v) is 1.88. The topological polar surface area (TPSA) is 17.1 Å². The van der Waals surface area contributed by atoms with E-state index in [0.717, 1.165) is 21.9 Å². The van der Waals surface area contributed by atoms with Crippen molar-refractivity contribution in [3.8, 4) is 0 Å². The lowest BCUT2D eigenvalue weighted by atomic mass is 10.0. The van der Waals surface area contributed by atoms with Gasteiger partial charge in [-0.25, -0.2) is 0 Å². The van der Waals surface area contributed by atoms with Crippen molar-refractivity contribution in [1.82, 2.24) is 0 Å². The molecule has 0 fully saturated rings. The molecule has 0 heterocycles. The number of alkyl halides is 1. The number of hydrogen-bond acceptors (Lipinski definition) is 1. The van der Waals surface area contributed by atoms with Crippen molar-refractivity contribution < 1.29 is 4.79 Å². The zero-order valence-electron chi connectivity index (χ0n) is 8.46. The fraction of sp³-hybridized carbons (Fsp3) is 0.154. The lowest BCUT2D eigenvalue weighted by Gasteiger charge is -2.04. The summed E-state index contributed by atoms with van der Waals surface area (Å²) in [6.07, 6.45) is 0. The van der Waals surface area contributed by atoms with Crippen LogP contribution in [0.2, 0.25) is 0 Å². The summed E-state index contributed by atoms with van der Waals surface area (Å²) in [5, 5.41) is 2.07. The summed E-state index contributed by atoms with van der Waals surface area (Å²) in [4.78, 5) is 11.4. The fourth-order valence-electron chi connectivity index (χ4n) is 1.71. The Bertz CT molecular complexity index is 517. The first-order chi connectivity index (χ1) is 7.22. The third-order valence-corrected chi connectivity index (χ3v) is 2.79. The second-order valence-electron chi connectivity index (χ2n) is 3.55. The van der Waals surface area contributed by atoms with E-state index in [1.165, 1.54) is 0 Å². The molecule has 0 aromatic heterocycles. The van der Waals surface area contributed by atoms with Gasteiger partial charge in [0.1, 0.15) is 0 Å². The van der Waals surface area contributed by atoms with Crippen LogP contribution in [0.1, 0.15) is 22.8 Å². The highest BCUT2D eigenvalue weighted by Crippen LogP contribution is 2.21. The first-order valence-corrected chi connectivity index (χ1v) is 5.34. The maximum Gasteiger partial charge on any atom is 0.160 e. The van der Waals surface area contributed by atoms with Crippen LogP contribution in [0.5, 0.6) is 0 Å². The van der Waals surface area contributed by atoms with Crippen LogP contribution >= 0.6 is 11.6 Å². The minimum atomic E-state index is 0.0901. The average molecular weight is 219 g/mol. The zero-order chi connectivity index (χ0) is 10.8. The Balaban J connectivity index is 2.76. The lowest BCUT2D eigenvalue weighted by Crippen LogP contribution is -1.93. The molecule has 0 radical (unpaired) electrons. The molecular weight excluding hydrogens is 208 g/mol. The van der Waals surface area contributed by atoms with Crippen LogP contribution in [0.3, 0.4) is 0 Å². The number of carbonyl (C=O) groups is 1. The molecule has 2 aromatic rings. The molecule has 0 saturated carbocycles. The predicted octanol–water partition coefficient (Wildman–Crippen LogP) is 3.78. The van der Waals surface area contributed by atoms with Gasteiger partial charge in [0.05, 0.1) is 0 Å². The quantitative estimate of drug-likeness (QED) is 0.554. The monoisotopic (exact) mass is 218 g/mol. The van der Waals surface area contributed by atoms with E-state index < -0.39 is 0 Å². The van der Waals surface area contributed by atoms with E-state index in [1.54, 1.807) is 6.92 Å². The molecule has 0 atom stereocenters. The van der Waals surface area contributed by atoms with E-state index in [0.29, 0.717) is 5.88 Å². The van der Waals surface area contributed by atoms with Crippen molar-refractivity contribution in [2.75, 3.05) is 0 Å². The summed E-state index contributed by atoms with van der Waals surface area (Å²) < 4.78 is 0. The Morgan fingerprint density at radius 2 is 2.07 bits per heavy atom. The van der Waals surface area contributed by atoms with Gasteiger partial charge in [0.15, 0.2) is 5.78 Å². The van der Waals surface area contributed by atoms with Crippen molar-refractivity contribution in [3.05, 3.63) is 47.5 Å². The van der Waals surface area contributed by atoms with Crippen LogP contribution in [0, 0.1) is 0 Å².